The van der Waals surface area contributed by atoms with Crippen molar-refractivity contribution in [2.75, 3.05) is 33.1 Å². The lowest BCUT2D eigenvalue weighted by atomic mass is 9.95. The van der Waals surface area contributed by atoms with E-state index in [2.05, 4.69) is 20.1 Å². The van der Waals surface area contributed by atoms with Gasteiger partial charge in [0.1, 0.15) is 0 Å². The first-order chi connectivity index (χ1) is 16.6. The number of aromatic nitrogens is 3. The summed E-state index contributed by atoms with van der Waals surface area (Å²) in [5.41, 5.74) is 0.894. The number of nitrogens with zero attached hydrogens (tertiary/aromatic N) is 3. The van der Waals surface area contributed by atoms with E-state index in [0.29, 0.717) is 43.5 Å². The molecule has 3 rings (SSSR count). The number of ether oxygens (including phenoxy) is 3. The van der Waals surface area contributed by atoms with Crippen LogP contribution in [0.5, 0.6) is 11.5 Å². The van der Waals surface area contributed by atoms with Gasteiger partial charge in [-0.05, 0) is 44.4 Å². The van der Waals surface area contributed by atoms with E-state index in [1.165, 1.54) is 31.0 Å². The summed E-state index contributed by atoms with van der Waals surface area (Å²) >= 11 is 1.38. The highest BCUT2D eigenvalue weighted by molar-refractivity contribution is 7.99. The Hall–Kier alpha value is -2.75. The molecule has 0 aliphatic heterocycles. The van der Waals surface area contributed by atoms with Gasteiger partial charge in [0, 0.05) is 24.6 Å². The SMILES string of the molecule is CCOC(=O)CCCNC(=O)CSc1nnc(-c2ccc(OC)c(OC)c2)n1C1CCCCC1. The zero-order valence-electron chi connectivity index (χ0n) is 20.2. The Morgan fingerprint density at radius 2 is 1.88 bits per heavy atom. The molecule has 0 atom stereocenters. The number of methoxy groups -OCH3 is 2. The summed E-state index contributed by atoms with van der Waals surface area (Å²) in [4.78, 5) is 23.8. The zero-order valence-corrected chi connectivity index (χ0v) is 21.0. The van der Waals surface area contributed by atoms with Crippen molar-refractivity contribution in [1.82, 2.24) is 20.1 Å². The summed E-state index contributed by atoms with van der Waals surface area (Å²) in [5.74, 6) is 1.95. The van der Waals surface area contributed by atoms with Crippen molar-refractivity contribution in [2.45, 2.75) is 63.1 Å². The molecule has 1 aromatic heterocycles. The largest absolute Gasteiger partial charge is 0.493 e. The number of hydrogen-bond donors (Lipinski definition) is 1. The summed E-state index contributed by atoms with van der Waals surface area (Å²) in [6.45, 7) is 2.58. The van der Waals surface area contributed by atoms with Gasteiger partial charge in [0.2, 0.25) is 5.91 Å². The molecule has 0 unspecified atom stereocenters. The molecule has 10 heteroatoms. The molecule has 9 nitrogen and oxygen atoms in total. The van der Waals surface area contributed by atoms with Crippen molar-refractivity contribution in [1.29, 1.82) is 0 Å². The molecule has 34 heavy (non-hydrogen) atoms. The first kappa shape index (κ1) is 25.9. The molecule has 1 aromatic carbocycles. The first-order valence-corrected chi connectivity index (χ1v) is 12.8. The van der Waals surface area contributed by atoms with Gasteiger partial charge in [0.15, 0.2) is 22.5 Å². The summed E-state index contributed by atoms with van der Waals surface area (Å²) in [6.07, 6.45) is 6.54. The van der Waals surface area contributed by atoms with Crippen LogP contribution in [-0.2, 0) is 14.3 Å². The molecule has 0 saturated heterocycles. The molecule has 1 aliphatic rings. The van der Waals surface area contributed by atoms with Gasteiger partial charge in [-0.2, -0.15) is 0 Å². The fourth-order valence-electron chi connectivity index (χ4n) is 4.09. The molecule has 2 aromatic rings. The van der Waals surface area contributed by atoms with Crippen LogP contribution in [0.3, 0.4) is 0 Å². The number of rotatable bonds is 12. The number of esters is 1. The van der Waals surface area contributed by atoms with Gasteiger partial charge in [-0.15, -0.1) is 10.2 Å². The number of thioether (sulfide) groups is 1. The van der Waals surface area contributed by atoms with Crippen LogP contribution >= 0.6 is 11.8 Å². The van der Waals surface area contributed by atoms with Crippen LogP contribution in [0.2, 0.25) is 0 Å². The van der Waals surface area contributed by atoms with Gasteiger partial charge in [0.25, 0.3) is 0 Å². The van der Waals surface area contributed by atoms with Crippen molar-refractivity contribution in [3.8, 4) is 22.9 Å². The van der Waals surface area contributed by atoms with E-state index < -0.39 is 0 Å². The normalized spacial score (nSPS) is 14.0. The Kier molecular flexibility index (Phi) is 10.1. The minimum absolute atomic E-state index is 0.0975. The topological polar surface area (TPSA) is 105 Å². The number of hydrogen-bond acceptors (Lipinski definition) is 8. The Morgan fingerprint density at radius 3 is 2.59 bits per heavy atom. The molecule has 1 aliphatic carbocycles. The van der Waals surface area contributed by atoms with Gasteiger partial charge < -0.3 is 19.5 Å². The third-order valence-electron chi connectivity index (χ3n) is 5.76. The molecule has 1 saturated carbocycles. The lowest BCUT2D eigenvalue weighted by molar-refractivity contribution is -0.143. The Bertz CT molecular complexity index is 959. The van der Waals surface area contributed by atoms with E-state index in [1.807, 2.05) is 18.2 Å². The summed E-state index contributed by atoms with van der Waals surface area (Å²) in [5, 5.41) is 12.5. The van der Waals surface area contributed by atoms with Crippen LogP contribution in [0.1, 0.15) is 57.9 Å². The lowest BCUT2D eigenvalue weighted by Gasteiger charge is -2.25. The molecule has 0 bridgehead atoms. The van der Waals surface area contributed by atoms with Gasteiger partial charge in [-0.25, -0.2) is 0 Å². The summed E-state index contributed by atoms with van der Waals surface area (Å²) in [6, 6.07) is 6.02. The minimum Gasteiger partial charge on any atom is -0.493 e. The molecule has 1 N–H and O–H groups in total. The zero-order chi connectivity index (χ0) is 24.3. The van der Waals surface area contributed by atoms with E-state index in [4.69, 9.17) is 14.2 Å². The van der Waals surface area contributed by atoms with Crippen LogP contribution in [0, 0.1) is 0 Å². The predicted octanol–water partition coefficient (Wildman–Crippen LogP) is 4.02. The van der Waals surface area contributed by atoms with Crippen molar-refractivity contribution in [2.24, 2.45) is 0 Å². The molecule has 0 radical (unpaired) electrons. The minimum atomic E-state index is -0.241. The van der Waals surface area contributed by atoms with Gasteiger partial charge in [-0.3, -0.25) is 14.2 Å². The van der Waals surface area contributed by atoms with Crippen LogP contribution in [0.4, 0.5) is 0 Å². The molecular weight excluding hydrogens is 456 g/mol. The number of carbonyl (C=O) groups excluding carboxylic acids is 2. The fraction of sp³-hybridized carbons (Fsp3) is 0.583. The summed E-state index contributed by atoms with van der Waals surface area (Å²) < 4.78 is 17.9. The average molecular weight is 491 g/mol. The Balaban J connectivity index is 1.70. The maximum atomic E-state index is 12.4. The van der Waals surface area contributed by atoms with E-state index >= 15 is 0 Å². The molecule has 0 spiro atoms. The Labute approximate surface area is 204 Å². The van der Waals surface area contributed by atoms with E-state index in [1.54, 1.807) is 21.1 Å². The third kappa shape index (κ3) is 6.88. The molecule has 186 valence electrons. The van der Waals surface area contributed by atoms with Gasteiger partial charge in [-0.1, -0.05) is 31.0 Å². The first-order valence-electron chi connectivity index (χ1n) is 11.8. The van der Waals surface area contributed by atoms with Crippen molar-refractivity contribution >= 4 is 23.6 Å². The quantitative estimate of drug-likeness (QED) is 0.270. The maximum Gasteiger partial charge on any atom is 0.305 e. The van der Waals surface area contributed by atoms with Crippen LogP contribution in [0.15, 0.2) is 23.4 Å². The number of benzene rings is 1. The third-order valence-corrected chi connectivity index (χ3v) is 6.71. The molecule has 1 fully saturated rings. The van der Waals surface area contributed by atoms with Crippen molar-refractivity contribution < 1.29 is 23.8 Å². The second kappa shape index (κ2) is 13.2. The molecule has 1 amide bonds. The van der Waals surface area contributed by atoms with Gasteiger partial charge >= 0.3 is 5.97 Å². The highest BCUT2D eigenvalue weighted by Gasteiger charge is 2.25. The van der Waals surface area contributed by atoms with E-state index in [9.17, 15) is 9.59 Å². The second-order valence-corrected chi connectivity index (χ2v) is 9.03. The van der Waals surface area contributed by atoms with Gasteiger partial charge in [0.05, 0.1) is 26.6 Å². The van der Waals surface area contributed by atoms with Crippen molar-refractivity contribution in [3.05, 3.63) is 18.2 Å². The second-order valence-electron chi connectivity index (χ2n) is 8.08. The van der Waals surface area contributed by atoms with E-state index in [-0.39, 0.29) is 17.6 Å². The van der Waals surface area contributed by atoms with Crippen LogP contribution < -0.4 is 14.8 Å². The Morgan fingerprint density at radius 1 is 1.12 bits per heavy atom. The highest BCUT2D eigenvalue weighted by atomic mass is 32.2. The number of amides is 1. The summed E-state index contributed by atoms with van der Waals surface area (Å²) in [7, 11) is 3.22. The number of nitrogens with one attached hydrogen (secondary N) is 1. The van der Waals surface area contributed by atoms with E-state index in [0.717, 1.165) is 29.4 Å². The van der Waals surface area contributed by atoms with Crippen LogP contribution in [-0.4, -0.2) is 59.8 Å². The number of carbonyl (C=O) groups is 2. The smallest absolute Gasteiger partial charge is 0.305 e. The standard InChI is InChI=1S/C24H34N4O5S/c1-4-33-22(30)11-8-14-25-21(29)16-34-24-27-26-23(28(24)18-9-6-5-7-10-18)17-12-13-19(31-2)20(15-17)32-3/h12-13,15,18H,4-11,14,16H2,1-3H3,(H,25,29). The average Bonchev–Trinajstić information content (AvgIpc) is 3.29. The maximum absolute atomic E-state index is 12.4. The molecular formula is C24H34N4O5S. The van der Waals surface area contributed by atoms with Crippen LogP contribution in [0.25, 0.3) is 11.4 Å². The fourth-order valence-corrected chi connectivity index (χ4v) is 4.93. The lowest BCUT2D eigenvalue weighted by Crippen LogP contribution is -2.27. The highest BCUT2D eigenvalue weighted by Crippen LogP contribution is 2.38. The monoisotopic (exact) mass is 490 g/mol. The predicted molar refractivity (Wildman–Crippen MR) is 130 cm³/mol. The molecule has 1 heterocycles. The van der Waals surface area contributed by atoms with Crippen molar-refractivity contribution in [3.63, 3.8) is 0 Å².